The normalized spacial score (nSPS) is 21.0. The van der Waals surface area contributed by atoms with Crippen LogP contribution in [0.15, 0.2) is 95.3 Å². The van der Waals surface area contributed by atoms with Crippen molar-refractivity contribution < 1.29 is 20.0 Å². The molecule has 1 fully saturated rings. The van der Waals surface area contributed by atoms with Gasteiger partial charge in [-0.25, -0.2) is 0 Å². The van der Waals surface area contributed by atoms with E-state index in [4.69, 9.17) is 0 Å². The van der Waals surface area contributed by atoms with Gasteiger partial charge in [0.1, 0.15) is 0 Å². The van der Waals surface area contributed by atoms with Crippen molar-refractivity contribution in [2.45, 2.75) is 81.9 Å². The number of rotatable bonds is 4. The molecule has 4 aromatic carbocycles. The molecule has 0 spiro atoms. The van der Waals surface area contributed by atoms with E-state index in [1.165, 1.54) is 62.4 Å². The Hall–Kier alpha value is -2.55. The van der Waals surface area contributed by atoms with E-state index in [0.717, 1.165) is 3.67 Å². The van der Waals surface area contributed by atoms with E-state index in [2.05, 4.69) is 134 Å². The minimum absolute atomic E-state index is 0.542. The molecule has 44 heavy (non-hydrogen) atoms. The molecule has 3 aliphatic rings. The van der Waals surface area contributed by atoms with Crippen LogP contribution in [0.1, 0.15) is 102 Å². The quantitative estimate of drug-likeness (QED) is 0.182. The number of hydrogen-bond donors (Lipinski definition) is 0. The van der Waals surface area contributed by atoms with Crippen molar-refractivity contribution in [3.05, 3.63) is 129 Å². The number of hydrogen-bond acceptors (Lipinski definition) is 0. The molecule has 0 amide bonds. The van der Waals surface area contributed by atoms with Crippen LogP contribution in [0.4, 0.5) is 0 Å². The summed E-state index contributed by atoms with van der Waals surface area (Å²) in [4.78, 5) is 0. The molecule has 0 bridgehead atoms. The Morgan fingerprint density at radius 1 is 0.636 bits per heavy atom. The fourth-order valence-electron chi connectivity index (χ4n) is 8.53. The van der Waals surface area contributed by atoms with Crippen LogP contribution in [0.25, 0.3) is 34.4 Å². The summed E-state index contributed by atoms with van der Waals surface area (Å²) in [7, 11) is -0.580. The van der Waals surface area contributed by atoms with E-state index in [1.807, 2.05) is 5.20 Å². The summed E-state index contributed by atoms with van der Waals surface area (Å²) in [5.41, 5.74) is 14.9. The van der Waals surface area contributed by atoms with Gasteiger partial charge in [0, 0.05) is 0 Å². The Kier molecular flexibility index (Phi) is 8.21. The molecule has 0 aromatic heterocycles. The summed E-state index contributed by atoms with van der Waals surface area (Å²) in [6, 6.07) is 33.1. The van der Waals surface area contributed by atoms with E-state index in [1.54, 1.807) is 21.9 Å². The van der Waals surface area contributed by atoms with Crippen molar-refractivity contribution in [2.24, 2.45) is 0 Å². The molecule has 2 heteroatoms. The second-order valence-corrected chi connectivity index (χ2v) is 35.2. The molecule has 0 N–H and O–H groups in total. The van der Waals surface area contributed by atoms with E-state index in [-0.39, 0.29) is 0 Å². The Bertz CT molecular complexity index is 1790. The molecule has 7 rings (SSSR count). The molecule has 1 aliphatic heterocycles. The Morgan fingerprint density at radius 2 is 1.18 bits per heavy atom. The SMILES string of the molecule is CC(C)c1cccc(-c2cccc3c2C=C2[SiH2]C4=Cc5c(-c6cccc(C(C)C)c6)cccc5[CH]4[Hf]([CH3])([CH3])[CH2]CCCC23)c1. The molecule has 0 radical (unpaired) electrons. The third kappa shape index (κ3) is 5.45. The Morgan fingerprint density at radius 3 is 1.80 bits per heavy atom. The van der Waals surface area contributed by atoms with E-state index in [0.29, 0.717) is 17.8 Å². The number of fused-ring (bicyclic) bond motifs is 6. The summed E-state index contributed by atoms with van der Waals surface area (Å²) in [5.74, 6) is 1.69. The number of benzene rings is 4. The van der Waals surface area contributed by atoms with Gasteiger partial charge in [0.15, 0.2) is 0 Å². The van der Waals surface area contributed by atoms with Gasteiger partial charge >= 0.3 is 275 Å². The van der Waals surface area contributed by atoms with Gasteiger partial charge in [-0.1, -0.05) is 0 Å². The molecule has 0 saturated carbocycles. The van der Waals surface area contributed by atoms with Gasteiger partial charge in [-0.05, 0) is 0 Å². The van der Waals surface area contributed by atoms with Crippen LogP contribution in [0.2, 0.25) is 13.5 Å². The first-order valence-electron chi connectivity index (χ1n) is 17.1. The maximum absolute atomic E-state index is 2.78. The summed E-state index contributed by atoms with van der Waals surface area (Å²) >= 11 is -2.60. The van der Waals surface area contributed by atoms with Crippen LogP contribution >= 0.6 is 0 Å². The van der Waals surface area contributed by atoms with Crippen molar-refractivity contribution in [3.8, 4) is 22.3 Å². The molecule has 4 aromatic rings. The van der Waals surface area contributed by atoms with Crippen molar-refractivity contribution in [2.75, 3.05) is 0 Å². The molecule has 2 aliphatic carbocycles. The first kappa shape index (κ1) is 30.1. The van der Waals surface area contributed by atoms with E-state index in [9.17, 15) is 0 Å². The predicted molar refractivity (Wildman–Crippen MR) is 192 cm³/mol. The average molecular weight is 759 g/mol. The van der Waals surface area contributed by atoms with Crippen molar-refractivity contribution in [1.82, 2.24) is 0 Å². The van der Waals surface area contributed by atoms with Gasteiger partial charge in [0.2, 0.25) is 0 Å². The third-order valence-electron chi connectivity index (χ3n) is 10.9. The van der Waals surface area contributed by atoms with Gasteiger partial charge in [-0.2, -0.15) is 0 Å². The van der Waals surface area contributed by atoms with Crippen LogP contribution in [-0.2, 0) is 20.0 Å². The topological polar surface area (TPSA) is 0 Å². The molecule has 2 atom stereocenters. The maximum atomic E-state index is 2.78. The fourth-order valence-corrected chi connectivity index (χ4v) is 29.4. The standard InChI is InChI=1S/C40H42Si.2CH3.Hf/c1-6-7-17-37-36-20-11-19-35(31-15-9-13-29(22-31)27(4)5)39(36)25-40(37)41-33-23-32-16-10-18-34(38(32)24-33)30-14-8-12-28(21-30)26(2)3;;;/h8-16,18-27,37H,1,6-7,17,41H2,2-5H3;2*1H3;. The van der Waals surface area contributed by atoms with Gasteiger partial charge in [-0.15, -0.1) is 0 Å². The molecular weight excluding hydrogens is 711 g/mol. The summed E-state index contributed by atoms with van der Waals surface area (Å²) in [6.45, 7) is 9.23. The fraction of sp³-hybridized carbons (Fsp3) is 0.333. The molecule has 1 heterocycles. The first-order valence-corrected chi connectivity index (χ1v) is 30.3. The van der Waals surface area contributed by atoms with E-state index >= 15 is 0 Å². The van der Waals surface area contributed by atoms with Crippen LogP contribution in [0.5, 0.6) is 0 Å². The van der Waals surface area contributed by atoms with Gasteiger partial charge in [0.05, 0.1) is 0 Å². The first-order chi connectivity index (χ1) is 21.2. The third-order valence-corrected chi connectivity index (χ3v) is 28.5. The summed E-state index contributed by atoms with van der Waals surface area (Å²) in [5, 5.41) is 3.65. The second-order valence-electron chi connectivity index (χ2n) is 15.0. The Labute approximate surface area is 272 Å². The van der Waals surface area contributed by atoms with Crippen molar-refractivity contribution in [3.63, 3.8) is 0 Å². The molecule has 0 nitrogen and oxygen atoms in total. The van der Waals surface area contributed by atoms with Gasteiger partial charge in [-0.3, -0.25) is 0 Å². The average Bonchev–Trinajstić information content (AvgIpc) is 3.57. The zero-order valence-electron chi connectivity index (χ0n) is 27.6. The molecule has 1 saturated heterocycles. The van der Waals surface area contributed by atoms with Gasteiger partial charge < -0.3 is 0 Å². The molecule has 2 unspecified atom stereocenters. The Balaban J connectivity index is 1.33. The van der Waals surface area contributed by atoms with Crippen molar-refractivity contribution in [1.29, 1.82) is 0 Å². The zero-order chi connectivity index (χ0) is 30.6. The molecule has 224 valence electrons. The molecular formula is C42H48HfSi. The summed E-state index contributed by atoms with van der Waals surface area (Å²) in [6.07, 6.45) is 9.50. The second kappa shape index (κ2) is 12.0. The van der Waals surface area contributed by atoms with E-state index < -0.39 is 29.5 Å². The van der Waals surface area contributed by atoms with Crippen LogP contribution in [0.3, 0.4) is 0 Å². The van der Waals surface area contributed by atoms with Crippen LogP contribution < -0.4 is 0 Å². The summed E-state index contributed by atoms with van der Waals surface area (Å²) < 4.78 is 7.80. The predicted octanol–water partition coefficient (Wildman–Crippen LogP) is 11.8. The van der Waals surface area contributed by atoms with Crippen LogP contribution in [0, 0.1) is 0 Å². The van der Waals surface area contributed by atoms with Crippen LogP contribution in [-0.4, -0.2) is 9.52 Å². The van der Waals surface area contributed by atoms with Gasteiger partial charge in [0.25, 0.3) is 0 Å². The minimum atomic E-state index is -2.60. The zero-order valence-corrected chi connectivity index (χ0v) is 32.6. The number of allylic oxidation sites excluding steroid dienone is 2. The monoisotopic (exact) mass is 760 g/mol. The van der Waals surface area contributed by atoms with Crippen molar-refractivity contribution >= 4 is 21.7 Å².